The monoisotopic (exact) mass is 355 g/mol. The smallest absolute Gasteiger partial charge is 0.293 e. The maximum Gasteiger partial charge on any atom is 0.293 e. The summed E-state index contributed by atoms with van der Waals surface area (Å²) in [6, 6.07) is 7.44. The van der Waals surface area contributed by atoms with Crippen molar-refractivity contribution in [2.45, 2.75) is 38.5 Å². The van der Waals surface area contributed by atoms with Gasteiger partial charge in [-0.15, -0.1) is 0 Å². The molecule has 1 aromatic carbocycles. The highest BCUT2D eigenvalue weighted by Crippen LogP contribution is 2.28. The molecule has 0 radical (unpaired) electrons. The van der Waals surface area contributed by atoms with E-state index in [1.54, 1.807) is 4.90 Å². The summed E-state index contributed by atoms with van der Waals surface area (Å²) < 4.78 is 5.31. The van der Waals surface area contributed by atoms with Crippen LogP contribution in [0.25, 0.3) is 10.9 Å². The van der Waals surface area contributed by atoms with Crippen LogP contribution in [-0.2, 0) is 4.79 Å². The fourth-order valence-corrected chi connectivity index (χ4v) is 4.15. The van der Waals surface area contributed by atoms with E-state index in [0.29, 0.717) is 43.2 Å². The van der Waals surface area contributed by atoms with E-state index >= 15 is 0 Å². The predicted molar refractivity (Wildman–Crippen MR) is 97.7 cm³/mol. The molecule has 0 atom stereocenters. The van der Waals surface area contributed by atoms with Crippen LogP contribution in [0.3, 0.4) is 0 Å². The molecule has 2 aliphatic rings. The molecular formula is C20H25N3O3. The fourth-order valence-electron chi connectivity index (χ4n) is 4.15. The normalized spacial score (nSPS) is 19.1. The Morgan fingerprint density at radius 1 is 1.00 bits per heavy atom. The third kappa shape index (κ3) is 3.45. The Morgan fingerprint density at radius 2 is 1.73 bits per heavy atom. The lowest BCUT2D eigenvalue weighted by atomic mass is 10.0. The largest absolute Gasteiger partial charge is 0.350 e. The molecule has 138 valence electrons. The third-order valence-electron chi connectivity index (χ3n) is 5.65. The summed E-state index contributed by atoms with van der Waals surface area (Å²) in [5.74, 6) is 0.968. The van der Waals surface area contributed by atoms with Crippen LogP contribution < -0.4 is 0 Å². The zero-order valence-corrected chi connectivity index (χ0v) is 15.0. The quantitative estimate of drug-likeness (QED) is 0.849. The van der Waals surface area contributed by atoms with Crippen molar-refractivity contribution in [2.24, 2.45) is 5.92 Å². The molecule has 2 amide bonds. The number of benzene rings is 1. The second-order valence-corrected chi connectivity index (χ2v) is 7.41. The van der Waals surface area contributed by atoms with E-state index in [2.05, 4.69) is 5.16 Å². The molecule has 6 heteroatoms. The maximum atomic E-state index is 12.9. The number of carbonyl (C=O) groups is 2. The molecule has 1 aliphatic heterocycles. The van der Waals surface area contributed by atoms with Gasteiger partial charge in [-0.2, -0.15) is 0 Å². The van der Waals surface area contributed by atoms with Gasteiger partial charge in [0.05, 0.1) is 5.39 Å². The molecule has 1 saturated heterocycles. The fraction of sp³-hybridized carbons (Fsp3) is 0.550. The van der Waals surface area contributed by atoms with Gasteiger partial charge in [-0.1, -0.05) is 30.1 Å². The van der Waals surface area contributed by atoms with Gasteiger partial charge in [0.15, 0.2) is 0 Å². The molecule has 0 N–H and O–H groups in total. The standard InChI is InChI=1S/C20H25N3O3/c24-18(14-15-6-1-2-7-15)22-10-5-11-23(13-12-22)20(25)19-16-8-3-4-9-17(16)21-26-19/h3-4,8-9,15H,1-2,5-7,10-14H2. The molecule has 4 rings (SSSR count). The molecule has 2 heterocycles. The van der Waals surface area contributed by atoms with Crippen LogP contribution in [0.2, 0.25) is 0 Å². The molecule has 1 aromatic heterocycles. The number of hydrogen-bond acceptors (Lipinski definition) is 4. The number of nitrogens with zero attached hydrogens (tertiary/aromatic N) is 3. The molecule has 2 aromatic rings. The number of aromatic nitrogens is 1. The number of fused-ring (bicyclic) bond motifs is 1. The van der Waals surface area contributed by atoms with Crippen LogP contribution in [0.4, 0.5) is 0 Å². The predicted octanol–water partition coefficient (Wildman–Crippen LogP) is 3.08. The Hall–Kier alpha value is -2.37. The first-order chi connectivity index (χ1) is 12.7. The average Bonchev–Trinajstić information content (AvgIpc) is 3.25. The first-order valence-corrected chi connectivity index (χ1v) is 9.64. The highest BCUT2D eigenvalue weighted by Gasteiger charge is 2.27. The summed E-state index contributed by atoms with van der Waals surface area (Å²) in [6.07, 6.45) is 6.34. The summed E-state index contributed by atoms with van der Waals surface area (Å²) in [7, 11) is 0. The highest BCUT2D eigenvalue weighted by molar-refractivity contribution is 6.03. The summed E-state index contributed by atoms with van der Waals surface area (Å²) >= 11 is 0. The van der Waals surface area contributed by atoms with Crippen molar-refractivity contribution >= 4 is 22.7 Å². The molecular weight excluding hydrogens is 330 g/mol. The minimum Gasteiger partial charge on any atom is -0.350 e. The minimum absolute atomic E-state index is 0.135. The Kier molecular flexibility index (Phi) is 4.91. The van der Waals surface area contributed by atoms with Crippen LogP contribution in [0.1, 0.15) is 49.1 Å². The lowest BCUT2D eigenvalue weighted by Gasteiger charge is -2.23. The van der Waals surface area contributed by atoms with Crippen molar-refractivity contribution in [1.29, 1.82) is 0 Å². The number of amides is 2. The third-order valence-corrected chi connectivity index (χ3v) is 5.65. The topological polar surface area (TPSA) is 66.7 Å². The molecule has 2 fully saturated rings. The first kappa shape index (κ1) is 17.1. The average molecular weight is 355 g/mol. The molecule has 0 unspecified atom stereocenters. The van der Waals surface area contributed by atoms with Gasteiger partial charge in [-0.3, -0.25) is 9.59 Å². The highest BCUT2D eigenvalue weighted by atomic mass is 16.5. The van der Waals surface area contributed by atoms with E-state index in [4.69, 9.17) is 4.52 Å². The molecule has 26 heavy (non-hydrogen) atoms. The summed E-state index contributed by atoms with van der Waals surface area (Å²) in [5.41, 5.74) is 0.694. The lowest BCUT2D eigenvalue weighted by molar-refractivity contribution is -0.132. The van der Waals surface area contributed by atoms with Crippen molar-refractivity contribution < 1.29 is 14.1 Å². The second kappa shape index (κ2) is 7.48. The van der Waals surface area contributed by atoms with Crippen LogP contribution in [0.5, 0.6) is 0 Å². The van der Waals surface area contributed by atoms with Crippen LogP contribution in [0.15, 0.2) is 28.8 Å². The van der Waals surface area contributed by atoms with Gasteiger partial charge in [0.2, 0.25) is 11.7 Å². The van der Waals surface area contributed by atoms with E-state index in [1.165, 1.54) is 25.7 Å². The van der Waals surface area contributed by atoms with Crippen molar-refractivity contribution in [3.63, 3.8) is 0 Å². The zero-order chi connectivity index (χ0) is 17.9. The van der Waals surface area contributed by atoms with Gasteiger partial charge in [-0.05, 0) is 37.3 Å². The second-order valence-electron chi connectivity index (χ2n) is 7.41. The maximum absolute atomic E-state index is 12.9. The summed E-state index contributed by atoms with van der Waals surface area (Å²) in [5, 5.41) is 4.72. The number of hydrogen-bond donors (Lipinski definition) is 0. The van der Waals surface area contributed by atoms with Crippen LogP contribution >= 0.6 is 0 Å². The number of carbonyl (C=O) groups excluding carboxylic acids is 2. The van der Waals surface area contributed by atoms with Crippen molar-refractivity contribution in [2.75, 3.05) is 26.2 Å². The molecule has 1 saturated carbocycles. The first-order valence-electron chi connectivity index (χ1n) is 9.64. The van der Waals surface area contributed by atoms with Gasteiger partial charge < -0.3 is 14.3 Å². The van der Waals surface area contributed by atoms with E-state index in [9.17, 15) is 9.59 Å². The van der Waals surface area contributed by atoms with E-state index in [0.717, 1.165) is 18.4 Å². The van der Waals surface area contributed by atoms with Crippen molar-refractivity contribution in [1.82, 2.24) is 15.0 Å². The van der Waals surface area contributed by atoms with Gasteiger partial charge >= 0.3 is 0 Å². The molecule has 6 nitrogen and oxygen atoms in total. The summed E-state index contributed by atoms with van der Waals surface area (Å²) in [4.78, 5) is 29.2. The van der Waals surface area contributed by atoms with Crippen molar-refractivity contribution in [3.05, 3.63) is 30.0 Å². The summed E-state index contributed by atoms with van der Waals surface area (Å²) in [6.45, 7) is 2.52. The Morgan fingerprint density at radius 3 is 2.58 bits per heavy atom. The number of rotatable bonds is 3. The van der Waals surface area contributed by atoms with Crippen LogP contribution in [-0.4, -0.2) is 52.9 Å². The van der Waals surface area contributed by atoms with Gasteiger partial charge in [0.1, 0.15) is 5.52 Å². The van der Waals surface area contributed by atoms with E-state index < -0.39 is 0 Å². The lowest BCUT2D eigenvalue weighted by Crippen LogP contribution is -2.37. The van der Waals surface area contributed by atoms with Crippen molar-refractivity contribution in [3.8, 4) is 0 Å². The molecule has 0 bridgehead atoms. The molecule has 1 aliphatic carbocycles. The van der Waals surface area contributed by atoms with Crippen LogP contribution in [0, 0.1) is 5.92 Å². The van der Waals surface area contributed by atoms with E-state index in [-0.39, 0.29) is 11.8 Å². The molecule has 0 spiro atoms. The van der Waals surface area contributed by atoms with Gasteiger partial charge in [0, 0.05) is 32.6 Å². The van der Waals surface area contributed by atoms with Gasteiger partial charge in [0.25, 0.3) is 5.91 Å². The Labute approximate surface area is 153 Å². The zero-order valence-electron chi connectivity index (χ0n) is 15.0. The minimum atomic E-state index is -0.135. The SMILES string of the molecule is O=C(CC1CCCC1)N1CCCN(C(=O)c2onc3ccccc23)CC1. The van der Waals surface area contributed by atoms with E-state index in [1.807, 2.05) is 29.2 Å². The Balaban J connectivity index is 1.40. The Bertz CT molecular complexity index is 794. The van der Waals surface area contributed by atoms with Gasteiger partial charge in [-0.25, -0.2) is 0 Å².